The average Bonchev–Trinajstić information content (AvgIpc) is 2.40. The van der Waals surface area contributed by atoms with Crippen molar-refractivity contribution in [2.45, 2.75) is 0 Å². The third kappa shape index (κ3) is 6.01. The van der Waals surface area contributed by atoms with Crippen LogP contribution in [0.25, 0.3) is 0 Å². The van der Waals surface area contributed by atoms with Crippen LogP contribution >= 0.6 is 7.82 Å². The van der Waals surface area contributed by atoms with Crippen molar-refractivity contribution >= 4 is 43.3 Å². The molecule has 0 spiro atoms. The summed E-state index contributed by atoms with van der Waals surface area (Å²) in [4.78, 5) is 29.0. The van der Waals surface area contributed by atoms with Crippen molar-refractivity contribution in [2.75, 3.05) is 0 Å². The third-order valence-electron chi connectivity index (χ3n) is 2.27. The molecule has 0 saturated heterocycles. The molecule has 0 radical (unpaired) electrons. The first kappa shape index (κ1) is 17.9. The zero-order chi connectivity index (χ0) is 14.6. The van der Waals surface area contributed by atoms with Crippen molar-refractivity contribution in [1.82, 2.24) is 0 Å². The number of hydrogen-bond acceptors (Lipinski definition) is 4. The van der Waals surface area contributed by atoms with Gasteiger partial charge in [-0.3, -0.25) is 9.79 Å². The van der Waals surface area contributed by atoms with Crippen molar-refractivity contribution < 1.29 is 28.4 Å². The van der Waals surface area contributed by atoms with Gasteiger partial charge in [-0.1, -0.05) is 18.2 Å². The van der Waals surface area contributed by atoms with Gasteiger partial charge in [0.25, 0.3) is 0 Å². The van der Waals surface area contributed by atoms with Gasteiger partial charge in [-0.25, -0.2) is 9.36 Å². The summed E-state index contributed by atoms with van der Waals surface area (Å²) in [6.45, 7) is 0. The molecule has 0 aliphatic rings. The Morgan fingerprint density at radius 3 is 1.95 bits per heavy atom. The summed E-state index contributed by atoms with van der Waals surface area (Å²) < 4.78 is 20.1. The number of carbonyl (C=O) groups excluding carboxylic acids is 1. The Balaban J connectivity index is 0.00000220. The minimum absolute atomic E-state index is 0. The van der Waals surface area contributed by atoms with Gasteiger partial charge in [-0.05, 0) is 36.4 Å². The average molecular weight is 318 g/mol. The van der Waals surface area contributed by atoms with Crippen LogP contribution in [0.4, 0.5) is 0 Å². The van der Waals surface area contributed by atoms with E-state index in [1.165, 1.54) is 24.3 Å². The molecule has 0 aromatic heterocycles. The van der Waals surface area contributed by atoms with Crippen LogP contribution < -0.4 is 9.26 Å². The van der Waals surface area contributed by atoms with Crippen LogP contribution in [-0.2, 0) is 4.57 Å². The molecule has 8 heteroatoms. The Morgan fingerprint density at radius 2 is 1.43 bits per heavy atom. The number of benzene rings is 2. The molecule has 0 aliphatic carbocycles. The standard InChI is InChI=1S/C13H11O6P.Na.H/c14-13(10-4-2-1-3-5-10)18-11-6-8-12(9-7-11)19-20(15,16)17;;/h1-9H,(H2,15,16,17);;. The zero-order valence-electron chi connectivity index (χ0n) is 10.2. The normalized spacial score (nSPS) is 10.4. The molecular formula is C13H12NaO6P. The molecule has 106 valence electrons. The van der Waals surface area contributed by atoms with E-state index in [-0.39, 0.29) is 41.1 Å². The summed E-state index contributed by atoms with van der Waals surface area (Å²) in [6.07, 6.45) is 0. The quantitative estimate of drug-likeness (QED) is 0.386. The summed E-state index contributed by atoms with van der Waals surface area (Å²) in [5, 5.41) is 0. The van der Waals surface area contributed by atoms with Gasteiger partial charge in [0.05, 0.1) is 5.56 Å². The van der Waals surface area contributed by atoms with E-state index in [1.807, 2.05) is 0 Å². The second kappa shape index (κ2) is 7.75. The first-order valence-corrected chi connectivity index (χ1v) is 7.09. The van der Waals surface area contributed by atoms with Crippen LogP contribution in [0.15, 0.2) is 54.6 Å². The fourth-order valence-electron chi connectivity index (χ4n) is 1.45. The molecule has 21 heavy (non-hydrogen) atoms. The molecule has 2 aromatic carbocycles. The van der Waals surface area contributed by atoms with E-state index in [4.69, 9.17) is 14.5 Å². The molecule has 2 N–H and O–H groups in total. The van der Waals surface area contributed by atoms with Gasteiger partial charge >= 0.3 is 43.3 Å². The van der Waals surface area contributed by atoms with Crippen molar-refractivity contribution in [1.29, 1.82) is 0 Å². The first-order chi connectivity index (χ1) is 9.44. The van der Waals surface area contributed by atoms with Gasteiger partial charge in [0, 0.05) is 0 Å². The molecule has 6 nitrogen and oxygen atoms in total. The van der Waals surface area contributed by atoms with Crippen LogP contribution in [0.2, 0.25) is 0 Å². The Bertz CT molecular complexity index is 637. The van der Waals surface area contributed by atoms with Gasteiger partial charge in [-0.15, -0.1) is 0 Å². The summed E-state index contributed by atoms with van der Waals surface area (Å²) in [6, 6.07) is 13.8. The number of ether oxygens (including phenoxy) is 1. The molecule has 0 unspecified atom stereocenters. The number of phosphoric ester groups is 1. The Hall–Kier alpha value is -1.14. The van der Waals surface area contributed by atoms with Gasteiger partial charge in [0.1, 0.15) is 11.5 Å². The van der Waals surface area contributed by atoms with Gasteiger partial charge in [-0.2, -0.15) is 0 Å². The van der Waals surface area contributed by atoms with E-state index in [0.717, 1.165) is 0 Å². The Morgan fingerprint density at radius 1 is 0.905 bits per heavy atom. The monoisotopic (exact) mass is 318 g/mol. The topological polar surface area (TPSA) is 93.1 Å². The minimum atomic E-state index is -4.59. The summed E-state index contributed by atoms with van der Waals surface area (Å²) >= 11 is 0. The van der Waals surface area contributed by atoms with Crippen LogP contribution in [0, 0.1) is 0 Å². The van der Waals surface area contributed by atoms with E-state index >= 15 is 0 Å². The van der Waals surface area contributed by atoms with Crippen molar-refractivity contribution in [3.05, 3.63) is 60.2 Å². The van der Waals surface area contributed by atoms with Crippen LogP contribution in [0.5, 0.6) is 11.5 Å². The summed E-state index contributed by atoms with van der Waals surface area (Å²) in [7, 11) is -4.59. The van der Waals surface area contributed by atoms with E-state index < -0.39 is 13.8 Å². The van der Waals surface area contributed by atoms with Crippen molar-refractivity contribution in [3.63, 3.8) is 0 Å². The molecule has 2 aromatic rings. The van der Waals surface area contributed by atoms with Crippen LogP contribution in [0.3, 0.4) is 0 Å². The number of esters is 1. The van der Waals surface area contributed by atoms with E-state index in [9.17, 15) is 9.36 Å². The molecule has 0 amide bonds. The van der Waals surface area contributed by atoms with Gasteiger partial charge in [0.2, 0.25) is 0 Å². The van der Waals surface area contributed by atoms with Crippen LogP contribution in [0.1, 0.15) is 10.4 Å². The summed E-state index contributed by atoms with van der Waals surface area (Å²) in [5.41, 5.74) is 0.406. The number of rotatable bonds is 4. The fourth-order valence-corrected chi connectivity index (χ4v) is 1.84. The molecule has 0 fully saturated rings. The molecule has 0 atom stereocenters. The maximum atomic E-state index is 11.7. The fraction of sp³-hybridized carbons (Fsp3) is 0. The molecule has 0 bridgehead atoms. The van der Waals surface area contributed by atoms with E-state index in [0.29, 0.717) is 5.56 Å². The predicted octanol–water partition coefficient (Wildman–Crippen LogP) is 1.73. The van der Waals surface area contributed by atoms with E-state index in [1.54, 1.807) is 30.3 Å². The zero-order valence-corrected chi connectivity index (χ0v) is 11.1. The third-order valence-corrected chi connectivity index (χ3v) is 2.72. The summed E-state index contributed by atoms with van der Waals surface area (Å²) in [5.74, 6) is -0.288. The van der Waals surface area contributed by atoms with Crippen LogP contribution in [-0.4, -0.2) is 45.3 Å². The Kier molecular flexibility index (Phi) is 6.61. The van der Waals surface area contributed by atoms with Gasteiger partial charge < -0.3 is 9.26 Å². The maximum absolute atomic E-state index is 11.7. The molecule has 0 saturated carbocycles. The second-order valence-corrected chi connectivity index (χ2v) is 4.97. The first-order valence-electron chi connectivity index (χ1n) is 5.56. The molecule has 0 heterocycles. The number of phosphoric acid groups is 1. The molecule has 0 aliphatic heterocycles. The van der Waals surface area contributed by atoms with Gasteiger partial charge in [0.15, 0.2) is 0 Å². The predicted molar refractivity (Wildman–Crippen MR) is 77.7 cm³/mol. The number of carbonyl (C=O) groups is 1. The number of hydrogen-bond donors (Lipinski definition) is 2. The molecular weight excluding hydrogens is 306 g/mol. The van der Waals surface area contributed by atoms with Crippen molar-refractivity contribution in [2.24, 2.45) is 0 Å². The Labute approximate surface area is 143 Å². The van der Waals surface area contributed by atoms with Crippen molar-refractivity contribution in [3.8, 4) is 11.5 Å². The SMILES string of the molecule is O=C(Oc1ccc(OP(=O)(O)O)cc1)c1ccccc1.[NaH]. The second-order valence-electron chi connectivity index (χ2n) is 3.81. The van der Waals surface area contributed by atoms with E-state index in [2.05, 4.69) is 4.52 Å². The molecule has 2 rings (SSSR count).